The van der Waals surface area contributed by atoms with Crippen LogP contribution in [-0.4, -0.2) is 19.7 Å². The van der Waals surface area contributed by atoms with Crippen LogP contribution < -0.4 is 5.32 Å². The summed E-state index contributed by atoms with van der Waals surface area (Å²) in [5.41, 5.74) is 0.0356. The Bertz CT molecular complexity index is 598. The fourth-order valence-corrected chi connectivity index (χ4v) is 1.53. The number of rotatable bonds is 2. The summed E-state index contributed by atoms with van der Waals surface area (Å²) in [6.07, 6.45) is 2.83. The van der Waals surface area contributed by atoms with E-state index in [4.69, 9.17) is 4.42 Å². The number of anilines is 1. The van der Waals surface area contributed by atoms with Crippen molar-refractivity contribution in [2.24, 2.45) is 0 Å². The molecule has 0 aliphatic carbocycles. The first kappa shape index (κ1) is 9.58. The molecule has 0 spiro atoms. The van der Waals surface area contributed by atoms with Crippen molar-refractivity contribution in [3.05, 3.63) is 40.4 Å². The number of nitrogens with zero attached hydrogens (tertiary/aromatic N) is 4. The summed E-state index contributed by atoms with van der Waals surface area (Å²) in [4.78, 5) is 14.3. The Balaban J connectivity index is 1.95. The third-order valence-electron chi connectivity index (χ3n) is 2.33. The highest BCUT2D eigenvalue weighted by Crippen LogP contribution is 2.21. The Morgan fingerprint density at radius 3 is 3.18 bits per heavy atom. The predicted octanol–water partition coefficient (Wildman–Crippen LogP) is 1.08. The first-order valence-electron chi connectivity index (χ1n) is 4.83. The Kier molecular flexibility index (Phi) is 1.94. The lowest BCUT2D eigenvalue weighted by atomic mass is 10.4. The Labute approximate surface area is 94.7 Å². The van der Waals surface area contributed by atoms with Gasteiger partial charge in [-0.2, -0.15) is 4.98 Å². The zero-order valence-corrected chi connectivity index (χ0v) is 8.53. The van der Waals surface area contributed by atoms with Crippen molar-refractivity contribution in [1.29, 1.82) is 0 Å². The molecule has 1 N–H and O–H groups in total. The van der Waals surface area contributed by atoms with E-state index in [1.807, 2.05) is 0 Å². The number of allylic oxidation sites excluding steroid dienone is 1. The standard InChI is InChI=1S/C9H7N5O3/c15-14(16)6-4-10-9-11-8(12-13(9)5-6)7-2-1-3-17-7/h1-4H,5H2,(H,10,11,12). The molecule has 1 aliphatic heterocycles. The second kappa shape index (κ2) is 3.44. The molecule has 0 saturated heterocycles. The van der Waals surface area contributed by atoms with E-state index < -0.39 is 4.92 Å². The van der Waals surface area contributed by atoms with Gasteiger partial charge in [-0.05, 0) is 12.1 Å². The van der Waals surface area contributed by atoms with E-state index in [9.17, 15) is 10.1 Å². The van der Waals surface area contributed by atoms with Crippen molar-refractivity contribution >= 4 is 5.95 Å². The highest BCUT2D eigenvalue weighted by Gasteiger charge is 2.22. The molecule has 3 heterocycles. The number of nitro groups is 1. The Morgan fingerprint density at radius 2 is 2.47 bits per heavy atom. The lowest BCUT2D eigenvalue weighted by Gasteiger charge is -2.08. The van der Waals surface area contributed by atoms with Crippen LogP contribution in [0, 0.1) is 10.1 Å². The minimum absolute atomic E-state index is 0.0356. The maximum absolute atomic E-state index is 10.6. The van der Waals surface area contributed by atoms with Crippen LogP contribution in [0.4, 0.5) is 5.95 Å². The number of furan rings is 1. The van der Waals surface area contributed by atoms with Crippen molar-refractivity contribution in [3.63, 3.8) is 0 Å². The van der Waals surface area contributed by atoms with Gasteiger partial charge in [-0.3, -0.25) is 10.1 Å². The molecule has 0 saturated carbocycles. The number of hydrogen-bond donors (Lipinski definition) is 1. The number of aromatic nitrogens is 3. The van der Waals surface area contributed by atoms with Gasteiger partial charge in [0.05, 0.1) is 17.4 Å². The summed E-state index contributed by atoms with van der Waals surface area (Å²) >= 11 is 0. The van der Waals surface area contributed by atoms with Gasteiger partial charge in [0.2, 0.25) is 11.8 Å². The average molecular weight is 233 g/mol. The minimum Gasteiger partial charge on any atom is -0.461 e. The van der Waals surface area contributed by atoms with Crippen LogP contribution in [0.5, 0.6) is 0 Å². The summed E-state index contributed by atoms with van der Waals surface area (Å²) in [5, 5.41) is 17.5. The van der Waals surface area contributed by atoms with E-state index in [1.165, 1.54) is 17.1 Å². The molecule has 2 aromatic heterocycles. The summed E-state index contributed by atoms with van der Waals surface area (Å²) in [5.74, 6) is 1.38. The van der Waals surface area contributed by atoms with Gasteiger partial charge in [0, 0.05) is 0 Å². The zero-order valence-electron chi connectivity index (χ0n) is 8.53. The van der Waals surface area contributed by atoms with Crippen molar-refractivity contribution in [1.82, 2.24) is 14.8 Å². The van der Waals surface area contributed by atoms with Crippen LogP contribution >= 0.6 is 0 Å². The average Bonchev–Trinajstić information content (AvgIpc) is 2.96. The molecule has 8 heteroatoms. The molecule has 8 nitrogen and oxygen atoms in total. The van der Waals surface area contributed by atoms with Gasteiger partial charge in [0.15, 0.2) is 5.76 Å². The predicted molar refractivity (Wildman–Crippen MR) is 56.4 cm³/mol. The first-order chi connectivity index (χ1) is 8.24. The monoisotopic (exact) mass is 233 g/mol. The van der Waals surface area contributed by atoms with Crippen LogP contribution in [0.15, 0.2) is 34.7 Å². The van der Waals surface area contributed by atoms with Gasteiger partial charge in [0.25, 0.3) is 5.70 Å². The fourth-order valence-electron chi connectivity index (χ4n) is 1.53. The molecule has 0 atom stereocenters. The smallest absolute Gasteiger partial charge is 0.283 e. The van der Waals surface area contributed by atoms with Gasteiger partial charge in [0.1, 0.15) is 6.54 Å². The fraction of sp³-hybridized carbons (Fsp3) is 0.111. The summed E-state index contributed by atoms with van der Waals surface area (Å²) in [6.45, 7) is 0.0864. The van der Waals surface area contributed by atoms with Gasteiger partial charge in [-0.1, -0.05) is 0 Å². The molecular formula is C9H7N5O3. The molecule has 0 unspecified atom stereocenters. The van der Waals surface area contributed by atoms with Crippen LogP contribution in [0.2, 0.25) is 0 Å². The first-order valence-corrected chi connectivity index (χ1v) is 4.83. The molecule has 0 fully saturated rings. The SMILES string of the molecule is O=[N+]([O-])C1=CNc2nc(-c3ccco3)nn2C1. The van der Waals surface area contributed by atoms with E-state index in [-0.39, 0.29) is 12.2 Å². The third kappa shape index (κ3) is 1.55. The second-order valence-electron chi connectivity index (χ2n) is 3.43. The van der Waals surface area contributed by atoms with Crippen molar-refractivity contribution in [2.75, 3.05) is 5.32 Å². The summed E-state index contributed by atoms with van der Waals surface area (Å²) < 4.78 is 6.58. The molecule has 1 aliphatic rings. The molecule has 17 heavy (non-hydrogen) atoms. The van der Waals surface area contributed by atoms with Gasteiger partial charge < -0.3 is 9.73 Å². The van der Waals surface area contributed by atoms with E-state index >= 15 is 0 Å². The normalized spacial score (nSPS) is 13.8. The molecular weight excluding hydrogens is 226 g/mol. The Morgan fingerprint density at radius 1 is 1.59 bits per heavy atom. The quantitative estimate of drug-likeness (QED) is 0.615. The molecule has 86 valence electrons. The topological polar surface area (TPSA) is 99.0 Å². The maximum atomic E-state index is 10.6. The van der Waals surface area contributed by atoms with E-state index in [1.54, 1.807) is 12.1 Å². The minimum atomic E-state index is -0.454. The zero-order chi connectivity index (χ0) is 11.8. The molecule has 2 aromatic rings. The number of fused-ring (bicyclic) bond motifs is 1. The lowest BCUT2D eigenvalue weighted by Crippen LogP contribution is -2.17. The maximum Gasteiger partial charge on any atom is 0.283 e. The molecule has 3 rings (SSSR count). The highest BCUT2D eigenvalue weighted by molar-refractivity contribution is 5.50. The van der Waals surface area contributed by atoms with Crippen LogP contribution in [0.25, 0.3) is 11.6 Å². The third-order valence-corrected chi connectivity index (χ3v) is 2.33. The van der Waals surface area contributed by atoms with Crippen LogP contribution in [0.1, 0.15) is 0 Å². The molecule has 0 amide bonds. The van der Waals surface area contributed by atoms with Crippen molar-refractivity contribution in [2.45, 2.75) is 6.54 Å². The molecule has 0 aromatic carbocycles. The largest absolute Gasteiger partial charge is 0.461 e. The number of nitrogens with one attached hydrogen (secondary N) is 1. The second-order valence-corrected chi connectivity index (χ2v) is 3.43. The van der Waals surface area contributed by atoms with Crippen molar-refractivity contribution < 1.29 is 9.34 Å². The van der Waals surface area contributed by atoms with E-state index in [2.05, 4.69) is 15.4 Å². The van der Waals surface area contributed by atoms with E-state index in [0.29, 0.717) is 17.5 Å². The lowest BCUT2D eigenvalue weighted by molar-refractivity contribution is -0.429. The van der Waals surface area contributed by atoms with Crippen molar-refractivity contribution in [3.8, 4) is 11.6 Å². The summed E-state index contributed by atoms with van der Waals surface area (Å²) in [6, 6.07) is 3.45. The van der Waals surface area contributed by atoms with Gasteiger partial charge in [-0.15, -0.1) is 5.10 Å². The van der Waals surface area contributed by atoms with Crippen LogP contribution in [-0.2, 0) is 6.54 Å². The molecule has 0 bridgehead atoms. The summed E-state index contributed by atoms with van der Waals surface area (Å²) in [7, 11) is 0. The molecule has 0 radical (unpaired) electrons. The number of hydrogen-bond acceptors (Lipinski definition) is 6. The Hall–Kier alpha value is -2.64. The van der Waals surface area contributed by atoms with E-state index in [0.717, 1.165) is 0 Å². The highest BCUT2D eigenvalue weighted by atomic mass is 16.6. The van der Waals surface area contributed by atoms with Gasteiger partial charge >= 0.3 is 0 Å². The van der Waals surface area contributed by atoms with Crippen LogP contribution in [0.3, 0.4) is 0 Å². The van der Waals surface area contributed by atoms with Gasteiger partial charge in [-0.25, -0.2) is 4.68 Å².